The number of nitrogens with one attached hydrogen (secondary N) is 1. The van der Waals surface area contributed by atoms with Gasteiger partial charge in [-0.15, -0.1) is 15.9 Å². The first-order valence-corrected chi connectivity index (χ1v) is 17.5. The van der Waals surface area contributed by atoms with E-state index in [4.69, 9.17) is 9.47 Å². The molecule has 13 heteroatoms. The number of ether oxygens (including phenoxy) is 2. The maximum absolute atomic E-state index is 13.6. The van der Waals surface area contributed by atoms with Crippen molar-refractivity contribution < 1.29 is 23.4 Å². The fourth-order valence-corrected chi connectivity index (χ4v) is 7.79. The molecule has 0 bridgehead atoms. The number of nitrogens with zero attached hydrogens (tertiary/aromatic N) is 6. The smallest absolute Gasteiger partial charge is 0.239 e. The Morgan fingerprint density at radius 1 is 1.15 bits per heavy atom. The summed E-state index contributed by atoms with van der Waals surface area (Å²) < 4.78 is 38.7. The molecular weight excluding hydrogens is 630 g/mol. The van der Waals surface area contributed by atoms with Crippen molar-refractivity contribution in [2.75, 3.05) is 19.0 Å². The first-order chi connectivity index (χ1) is 23.1. The summed E-state index contributed by atoms with van der Waals surface area (Å²) in [6.07, 6.45) is 5.37. The molecule has 3 N–H and O–H groups in total. The van der Waals surface area contributed by atoms with Gasteiger partial charge in [0.05, 0.1) is 25.5 Å². The fraction of sp³-hybridized carbons (Fsp3) is 0.343. The van der Waals surface area contributed by atoms with Crippen LogP contribution in [0.15, 0.2) is 72.0 Å². The highest BCUT2D eigenvalue weighted by Gasteiger charge is 2.36. The number of anilines is 1. The van der Waals surface area contributed by atoms with Crippen molar-refractivity contribution in [2.45, 2.75) is 70.5 Å². The third-order valence-electron chi connectivity index (χ3n) is 8.93. The van der Waals surface area contributed by atoms with Crippen LogP contribution >= 0.6 is 10.8 Å². The molecule has 0 saturated carbocycles. The van der Waals surface area contributed by atoms with Crippen LogP contribution in [-0.4, -0.2) is 64.0 Å². The summed E-state index contributed by atoms with van der Waals surface area (Å²) >= 11 is 0. The predicted octanol–water partition coefficient (Wildman–Crippen LogP) is 6.73. The third kappa shape index (κ3) is 6.46. The summed E-state index contributed by atoms with van der Waals surface area (Å²) in [6, 6.07) is 15.0. The molecule has 0 spiro atoms. The summed E-state index contributed by atoms with van der Waals surface area (Å²) in [4.78, 5) is 22.3. The lowest BCUT2D eigenvalue weighted by molar-refractivity contribution is -0.116. The zero-order chi connectivity index (χ0) is 34.0. The van der Waals surface area contributed by atoms with Crippen LogP contribution in [0, 0.1) is 13.8 Å². The maximum atomic E-state index is 13.6. The Labute approximate surface area is 281 Å². The number of carbonyl (C=O) groups excluding carboxylic acids is 1. The van der Waals surface area contributed by atoms with Crippen LogP contribution in [0.25, 0.3) is 11.0 Å². The largest absolute Gasteiger partial charge is 0.494 e. The molecule has 2 atom stereocenters. The van der Waals surface area contributed by atoms with Crippen LogP contribution in [0.3, 0.4) is 0 Å². The molecular formula is C35H41N7O5S. The third-order valence-corrected chi connectivity index (χ3v) is 10.8. The lowest BCUT2D eigenvalue weighted by Gasteiger charge is -2.41. The van der Waals surface area contributed by atoms with Gasteiger partial charge >= 0.3 is 0 Å². The number of amides is 1. The Morgan fingerprint density at radius 2 is 1.96 bits per heavy atom. The zero-order valence-corrected chi connectivity index (χ0v) is 28.6. The number of fused-ring (bicyclic) bond motifs is 2. The highest BCUT2D eigenvalue weighted by Crippen LogP contribution is 2.57. The number of methoxy groups -OCH3 is 1. The molecule has 2 unspecified atom stereocenters. The fourth-order valence-electron chi connectivity index (χ4n) is 6.22. The first kappa shape index (κ1) is 33.3. The predicted molar refractivity (Wildman–Crippen MR) is 185 cm³/mol. The minimum absolute atomic E-state index is 0.124. The van der Waals surface area contributed by atoms with Crippen LogP contribution in [0.5, 0.6) is 11.6 Å². The number of hydrogen-bond donors (Lipinski definition) is 3. The normalized spacial score (nSPS) is 17.2. The molecule has 1 aliphatic heterocycles. The molecule has 0 aliphatic carbocycles. The standard InChI is InChI=1S/C35H41N7O5S/c1-6-27-21-41(48(44,45)31-11-9-15-37-35(31)47-27)20-25-16-24(13-12-22(25)3)29(18-32(43)38-26-10-8-14-36-19-26)28-17-30(46-5)34-33(23(28)4)39-40-42(34)7-2/h8-17,19,27,29,44-45H,6-7,18,20-21H2,1-5H3,(H,38,43). The van der Waals surface area contributed by atoms with Gasteiger partial charge in [-0.3, -0.25) is 18.9 Å². The number of benzene rings is 2. The van der Waals surface area contributed by atoms with Gasteiger partial charge in [-0.05, 0) is 85.3 Å². The van der Waals surface area contributed by atoms with Crippen molar-refractivity contribution in [1.82, 2.24) is 29.3 Å². The molecule has 0 fully saturated rings. The summed E-state index contributed by atoms with van der Waals surface area (Å²) in [5, 5.41) is 11.8. The highest BCUT2D eigenvalue weighted by molar-refractivity contribution is 8.22. The molecule has 1 aliphatic rings. The first-order valence-electron chi connectivity index (χ1n) is 16.0. The second-order valence-corrected chi connectivity index (χ2v) is 13.9. The number of hydrogen-bond acceptors (Lipinski definition) is 10. The molecule has 0 radical (unpaired) electrons. The van der Waals surface area contributed by atoms with Gasteiger partial charge < -0.3 is 14.8 Å². The van der Waals surface area contributed by atoms with E-state index in [9.17, 15) is 13.9 Å². The van der Waals surface area contributed by atoms with Crippen LogP contribution in [0.4, 0.5) is 5.69 Å². The quantitative estimate of drug-likeness (QED) is 0.146. The molecule has 3 aromatic heterocycles. The van der Waals surface area contributed by atoms with E-state index >= 15 is 0 Å². The van der Waals surface area contributed by atoms with Crippen LogP contribution in [-0.2, 0) is 17.9 Å². The molecule has 48 heavy (non-hydrogen) atoms. The second kappa shape index (κ2) is 13.9. The number of carbonyl (C=O) groups is 1. The minimum Gasteiger partial charge on any atom is -0.494 e. The molecule has 1 amide bonds. The van der Waals surface area contributed by atoms with Crippen LogP contribution in [0.1, 0.15) is 60.4 Å². The highest BCUT2D eigenvalue weighted by atomic mass is 32.3. The van der Waals surface area contributed by atoms with E-state index in [0.29, 0.717) is 36.5 Å². The van der Waals surface area contributed by atoms with E-state index in [1.54, 1.807) is 59.0 Å². The molecule has 0 saturated heterocycles. The Bertz CT molecular complexity index is 1930. The van der Waals surface area contributed by atoms with Crippen molar-refractivity contribution in [1.29, 1.82) is 0 Å². The van der Waals surface area contributed by atoms with E-state index in [2.05, 4.69) is 31.7 Å². The van der Waals surface area contributed by atoms with Crippen molar-refractivity contribution >= 4 is 33.4 Å². The molecule has 4 heterocycles. The Morgan fingerprint density at radius 3 is 2.69 bits per heavy atom. The van der Waals surface area contributed by atoms with Crippen molar-refractivity contribution in [3.8, 4) is 11.6 Å². The topological polar surface area (TPSA) is 148 Å². The summed E-state index contributed by atoms with van der Waals surface area (Å²) in [5.41, 5.74) is 6.68. The Balaban J connectivity index is 1.43. The minimum atomic E-state index is -3.41. The Hall–Kier alpha value is -4.56. The van der Waals surface area contributed by atoms with Gasteiger partial charge in [-0.2, -0.15) is 4.31 Å². The lowest BCUT2D eigenvalue weighted by Crippen LogP contribution is -2.34. The van der Waals surface area contributed by atoms with Gasteiger partial charge in [0.2, 0.25) is 11.8 Å². The average Bonchev–Trinajstić information content (AvgIpc) is 3.49. The van der Waals surface area contributed by atoms with Gasteiger partial charge in [0, 0.05) is 37.8 Å². The monoisotopic (exact) mass is 671 g/mol. The molecule has 252 valence electrons. The van der Waals surface area contributed by atoms with Gasteiger partial charge in [0.1, 0.15) is 27.8 Å². The van der Waals surface area contributed by atoms with E-state index in [1.165, 1.54) is 0 Å². The Kier molecular flexibility index (Phi) is 9.65. The van der Waals surface area contributed by atoms with Crippen LogP contribution < -0.4 is 14.8 Å². The van der Waals surface area contributed by atoms with Crippen molar-refractivity contribution in [3.63, 3.8) is 0 Å². The van der Waals surface area contributed by atoms with Crippen molar-refractivity contribution in [3.05, 3.63) is 94.9 Å². The molecule has 2 aromatic carbocycles. The number of aryl methyl sites for hydroxylation is 3. The number of aromatic nitrogens is 5. The zero-order valence-electron chi connectivity index (χ0n) is 27.8. The molecule has 6 rings (SSSR count). The van der Waals surface area contributed by atoms with Gasteiger partial charge in [0.15, 0.2) is 0 Å². The van der Waals surface area contributed by atoms with Gasteiger partial charge in [0.25, 0.3) is 0 Å². The van der Waals surface area contributed by atoms with Crippen LogP contribution in [0.2, 0.25) is 0 Å². The van der Waals surface area contributed by atoms with Gasteiger partial charge in [-0.25, -0.2) is 9.67 Å². The molecule has 12 nitrogen and oxygen atoms in total. The van der Waals surface area contributed by atoms with Crippen molar-refractivity contribution in [2.24, 2.45) is 0 Å². The van der Waals surface area contributed by atoms with E-state index < -0.39 is 16.7 Å². The average molecular weight is 672 g/mol. The summed E-state index contributed by atoms with van der Waals surface area (Å²) in [6.45, 7) is 9.17. The van der Waals surface area contributed by atoms with Gasteiger partial charge in [-0.1, -0.05) is 30.3 Å². The molecule has 5 aromatic rings. The van der Waals surface area contributed by atoms with E-state index in [0.717, 1.165) is 33.3 Å². The maximum Gasteiger partial charge on any atom is 0.239 e. The number of rotatable bonds is 10. The summed E-state index contributed by atoms with van der Waals surface area (Å²) in [5.74, 6) is 0.294. The van der Waals surface area contributed by atoms with E-state index in [1.807, 2.05) is 45.9 Å². The second-order valence-electron chi connectivity index (χ2n) is 11.9. The lowest BCUT2D eigenvalue weighted by atomic mass is 9.83. The SMILES string of the molecule is CCC1CN(Cc2cc(C(CC(=O)Nc3cccnc3)c3cc(OC)c4c(nnn4CC)c3C)ccc2C)S(O)(O)c2cccnc2O1. The summed E-state index contributed by atoms with van der Waals surface area (Å²) in [7, 11) is -1.79. The number of pyridine rings is 2. The van der Waals surface area contributed by atoms with E-state index in [-0.39, 0.29) is 35.8 Å².